The summed E-state index contributed by atoms with van der Waals surface area (Å²) in [6, 6.07) is 4.98. The van der Waals surface area contributed by atoms with Crippen molar-refractivity contribution in [3.63, 3.8) is 0 Å². The molecule has 0 amide bonds. The number of aromatic carboxylic acids is 1. The molecule has 3 N–H and O–H groups in total. The van der Waals surface area contributed by atoms with Gasteiger partial charge in [0.1, 0.15) is 0 Å². The number of carbonyl (C=O) groups is 1. The highest BCUT2D eigenvalue weighted by atomic mass is 16.4. The minimum Gasteiger partial charge on any atom is -0.478 e. The van der Waals surface area contributed by atoms with Gasteiger partial charge in [-0.2, -0.15) is 0 Å². The summed E-state index contributed by atoms with van der Waals surface area (Å²) in [5.74, 6) is -0.920. The van der Waals surface area contributed by atoms with E-state index in [0.29, 0.717) is 18.4 Å². The van der Waals surface area contributed by atoms with Crippen LogP contribution in [0, 0.1) is 0 Å². The van der Waals surface area contributed by atoms with Gasteiger partial charge in [-0.1, -0.05) is 11.6 Å². The molecule has 21 heavy (non-hydrogen) atoms. The molecule has 0 aliphatic carbocycles. The largest absolute Gasteiger partial charge is 0.478 e. The van der Waals surface area contributed by atoms with Gasteiger partial charge in [0, 0.05) is 5.69 Å². The van der Waals surface area contributed by atoms with E-state index in [2.05, 4.69) is 11.4 Å². The second-order valence-corrected chi connectivity index (χ2v) is 6.26. The number of hydrogen-bond donors (Lipinski definition) is 3. The molecule has 114 valence electrons. The molecule has 1 aliphatic heterocycles. The fraction of sp³-hybridized carbons (Fsp3) is 0.471. The molecule has 1 heterocycles. The number of benzene rings is 1. The van der Waals surface area contributed by atoms with Gasteiger partial charge in [0.25, 0.3) is 0 Å². The first-order chi connectivity index (χ1) is 9.79. The Hall–Kier alpha value is -1.81. The summed E-state index contributed by atoms with van der Waals surface area (Å²) >= 11 is 0. The quantitative estimate of drug-likeness (QED) is 0.728. The Morgan fingerprint density at radius 3 is 2.81 bits per heavy atom. The minimum atomic E-state index is -0.920. The molecule has 4 nitrogen and oxygen atoms in total. The Balaban J connectivity index is 2.07. The highest BCUT2D eigenvalue weighted by Gasteiger charge is 2.35. The molecule has 1 aromatic rings. The molecule has 1 aliphatic rings. The van der Waals surface area contributed by atoms with Crippen molar-refractivity contribution in [3.05, 3.63) is 41.0 Å². The van der Waals surface area contributed by atoms with Crippen LogP contribution < -0.4 is 5.32 Å². The number of carboxylic acids is 1. The molecule has 0 unspecified atom stereocenters. The van der Waals surface area contributed by atoms with Crippen molar-refractivity contribution in [1.29, 1.82) is 0 Å². The van der Waals surface area contributed by atoms with Gasteiger partial charge in [-0.15, -0.1) is 0 Å². The molecule has 0 aromatic heterocycles. The summed E-state index contributed by atoms with van der Waals surface area (Å²) in [7, 11) is 0. The van der Waals surface area contributed by atoms with E-state index >= 15 is 0 Å². The zero-order valence-corrected chi connectivity index (χ0v) is 12.8. The van der Waals surface area contributed by atoms with Gasteiger partial charge in [-0.25, -0.2) is 4.79 Å². The Morgan fingerprint density at radius 2 is 2.19 bits per heavy atom. The average molecular weight is 289 g/mol. The van der Waals surface area contributed by atoms with Crippen molar-refractivity contribution >= 4 is 11.7 Å². The van der Waals surface area contributed by atoms with Crippen LogP contribution in [0.4, 0.5) is 5.69 Å². The molecule has 4 heteroatoms. The van der Waals surface area contributed by atoms with E-state index in [1.807, 2.05) is 20.8 Å². The Bertz CT molecular complexity index is 571. The molecule has 0 saturated carbocycles. The summed E-state index contributed by atoms with van der Waals surface area (Å²) in [6.07, 6.45) is 4.29. The van der Waals surface area contributed by atoms with Gasteiger partial charge in [0.2, 0.25) is 0 Å². The lowest BCUT2D eigenvalue weighted by atomic mass is 9.89. The fourth-order valence-electron chi connectivity index (χ4n) is 2.70. The van der Waals surface area contributed by atoms with Gasteiger partial charge >= 0.3 is 5.97 Å². The Labute approximate surface area is 125 Å². The maximum atomic E-state index is 11.0. The SMILES string of the molecule is CC(C)=CCC[C@@](C)(O)[C@@H]1Cc2cc(C(=O)O)ccc2N1. The van der Waals surface area contributed by atoms with Crippen molar-refractivity contribution in [3.8, 4) is 0 Å². The van der Waals surface area contributed by atoms with Crippen molar-refractivity contribution < 1.29 is 15.0 Å². The van der Waals surface area contributed by atoms with Crippen molar-refractivity contribution in [2.45, 2.75) is 51.7 Å². The maximum absolute atomic E-state index is 11.0. The van der Waals surface area contributed by atoms with Gasteiger partial charge < -0.3 is 15.5 Å². The normalized spacial score (nSPS) is 19.3. The number of allylic oxidation sites excluding steroid dienone is 2. The molecule has 0 fully saturated rings. The van der Waals surface area contributed by atoms with Crippen LogP contribution in [0.25, 0.3) is 0 Å². The highest BCUT2D eigenvalue weighted by Crippen LogP contribution is 2.33. The van der Waals surface area contributed by atoms with E-state index in [0.717, 1.165) is 17.7 Å². The molecule has 1 aromatic carbocycles. The standard InChI is InChI=1S/C17H23NO3/c1-11(2)5-4-8-17(3,21)15-10-13-9-12(16(19)20)6-7-14(13)18-15/h5-7,9,15,18,21H,4,8,10H2,1-3H3,(H,19,20)/t15-,17+/m0/s1. The zero-order valence-electron chi connectivity index (χ0n) is 12.8. The lowest BCUT2D eigenvalue weighted by molar-refractivity contribution is 0.0339. The minimum absolute atomic E-state index is 0.0814. The average Bonchev–Trinajstić information content (AvgIpc) is 2.81. The van der Waals surface area contributed by atoms with Crippen molar-refractivity contribution in [2.75, 3.05) is 5.32 Å². The number of hydrogen-bond acceptors (Lipinski definition) is 3. The van der Waals surface area contributed by atoms with Gasteiger partial charge in [0.15, 0.2) is 0 Å². The van der Waals surface area contributed by atoms with Crippen LogP contribution in [-0.4, -0.2) is 27.8 Å². The highest BCUT2D eigenvalue weighted by molar-refractivity contribution is 5.88. The molecule has 2 atom stereocenters. The first-order valence-corrected chi connectivity index (χ1v) is 7.28. The second-order valence-electron chi connectivity index (χ2n) is 6.26. The van der Waals surface area contributed by atoms with Crippen LogP contribution in [0.3, 0.4) is 0 Å². The lowest BCUT2D eigenvalue weighted by Crippen LogP contribution is -2.43. The summed E-state index contributed by atoms with van der Waals surface area (Å²) < 4.78 is 0. The van der Waals surface area contributed by atoms with Crippen LogP contribution in [0.1, 0.15) is 49.5 Å². The first kappa shape index (κ1) is 15.6. The second kappa shape index (κ2) is 5.90. The zero-order chi connectivity index (χ0) is 15.6. The van der Waals surface area contributed by atoms with E-state index in [1.54, 1.807) is 18.2 Å². The van der Waals surface area contributed by atoms with Crippen molar-refractivity contribution in [1.82, 2.24) is 0 Å². The van der Waals surface area contributed by atoms with E-state index in [4.69, 9.17) is 5.11 Å². The molecule has 2 rings (SSSR count). The topological polar surface area (TPSA) is 69.6 Å². The van der Waals surface area contributed by atoms with E-state index in [-0.39, 0.29) is 6.04 Å². The number of aliphatic hydroxyl groups is 1. The number of fused-ring (bicyclic) bond motifs is 1. The molecular weight excluding hydrogens is 266 g/mol. The number of nitrogens with one attached hydrogen (secondary N) is 1. The van der Waals surface area contributed by atoms with Crippen LogP contribution in [0.15, 0.2) is 29.8 Å². The summed E-state index contributed by atoms with van der Waals surface area (Å²) in [4.78, 5) is 11.0. The Morgan fingerprint density at radius 1 is 1.48 bits per heavy atom. The third-order valence-corrected chi connectivity index (χ3v) is 4.06. The van der Waals surface area contributed by atoms with Crippen molar-refractivity contribution in [2.24, 2.45) is 0 Å². The van der Waals surface area contributed by atoms with Gasteiger partial charge in [0.05, 0.1) is 17.2 Å². The number of carboxylic acid groups (broad SMARTS) is 1. The van der Waals surface area contributed by atoms with E-state index in [9.17, 15) is 9.90 Å². The van der Waals surface area contributed by atoms with Crippen LogP contribution in [0.5, 0.6) is 0 Å². The van der Waals surface area contributed by atoms with Crippen LogP contribution in [-0.2, 0) is 6.42 Å². The smallest absolute Gasteiger partial charge is 0.335 e. The van der Waals surface area contributed by atoms with Gasteiger partial charge in [-0.3, -0.25) is 0 Å². The molecule has 0 saturated heterocycles. The van der Waals surface area contributed by atoms with Crippen LogP contribution in [0.2, 0.25) is 0 Å². The molecule has 0 bridgehead atoms. The predicted molar refractivity (Wildman–Crippen MR) is 83.8 cm³/mol. The summed E-state index contributed by atoms with van der Waals surface area (Å²) in [6.45, 7) is 5.94. The third kappa shape index (κ3) is 3.64. The predicted octanol–water partition coefficient (Wildman–Crippen LogP) is 3.22. The maximum Gasteiger partial charge on any atom is 0.335 e. The van der Waals surface area contributed by atoms with E-state index < -0.39 is 11.6 Å². The first-order valence-electron chi connectivity index (χ1n) is 7.28. The fourth-order valence-corrected chi connectivity index (χ4v) is 2.70. The summed E-state index contributed by atoms with van der Waals surface area (Å²) in [5.41, 5.74) is 2.60. The summed E-state index contributed by atoms with van der Waals surface area (Å²) in [5, 5.41) is 23.0. The molecular formula is C17H23NO3. The Kier molecular flexibility index (Phi) is 4.37. The lowest BCUT2D eigenvalue weighted by Gasteiger charge is -2.30. The monoisotopic (exact) mass is 289 g/mol. The number of rotatable bonds is 5. The molecule has 0 radical (unpaired) electrons. The van der Waals surface area contributed by atoms with Crippen LogP contribution >= 0.6 is 0 Å². The number of anilines is 1. The third-order valence-electron chi connectivity index (χ3n) is 4.06. The molecule has 0 spiro atoms. The van der Waals surface area contributed by atoms with Gasteiger partial charge in [-0.05, 0) is 63.8 Å². The van der Waals surface area contributed by atoms with E-state index in [1.165, 1.54) is 5.57 Å².